The molecular weight excluding hydrogens is 355 g/mol. The number of halogens is 2. The highest BCUT2D eigenvalue weighted by molar-refractivity contribution is 6.31. The van der Waals surface area contributed by atoms with Crippen LogP contribution in [0, 0.1) is 0 Å². The zero-order valence-corrected chi connectivity index (χ0v) is 13.6. The quantitative estimate of drug-likeness (QED) is 0.493. The summed E-state index contributed by atoms with van der Waals surface area (Å²) in [4.78, 5) is 11.5. The molecule has 2 aromatic carbocycles. The Hall–Kier alpha value is -2.77. The van der Waals surface area contributed by atoms with Gasteiger partial charge in [-0.3, -0.25) is 0 Å². The van der Waals surface area contributed by atoms with E-state index in [2.05, 4.69) is 21.1 Å². The molecule has 0 spiro atoms. The molecule has 2 amide bonds. The van der Waals surface area contributed by atoms with Gasteiger partial charge in [-0.2, -0.15) is 10.2 Å². The molecule has 0 fully saturated rings. The molecule has 0 radical (unpaired) electrons. The standard InChI is InChI=1S/C15H12Cl2N4O3/c16-11-1-3-13(22)9(5-11)7-18-20-15(24)21-19-8-10-6-12(17)2-4-14(10)23/h1-8,22-23H,(H2,20,21,24)/b18-7-,19-8+. The van der Waals surface area contributed by atoms with Crippen LogP contribution in [-0.4, -0.2) is 28.7 Å². The summed E-state index contributed by atoms with van der Waals surface area (Å²) < 4.78 is 0. The highest BCUT2D eigenvalue weighted by Crippen LogP contribution is 2.20. The molecule has 2 rings (SSSR count). The minimum Gasteiger partial charge on any atom is -0.507 e. The molecule has 9 heteroatoms. The number of aromatic hydroxyl groups is 2. The van der Waals surface area contributed by atoms with Crippen molar-refractivity contribution in [3.63, 3.8) is 0 Å². The lowest BCUT2D eigenvalue weighted by Crippen LogP contribution is -2.28. The van der Waals surface area contributed by atoms with Crippen molar-refractivity contribution >= 4 is 41.7 Å². The van der Waals surface area contributed by atoms with Crippen LogP contribution in [0.2, 0.25) is 10.0 Å². The second-order valence-electron chi connectivity index (χ2n) is 4.48. The normalized spacial score (nSPS) is 11.1. The smallest absolute Gasteiger partial charge is 0.355 e. The van der Waals surface area contributed by atoms with Crippen LogP contribution in [0.3, 0.4) is 0 Å². The SMILES string of the molecule is O=C(N/N=C\c1cc(Cl)ccc1O)N/N=C/c1cc(Cl)ccc1O. The van der Waals surface area contributed by atoms with Gasteiger partial charge >= 0.3 is 6.03 Å². The number of hydrogen-bond acceptors (Lipinski definition) is 5. The lowest BCUT2D eigenvalue weighted by atomic mass is 10.2. The van der Waals surface area contributed by atoms with Crippen molar-refractivity contribution in [3.05, 3.63) is 57.6 Å². The molecule has 0 aliphatic carbocycles. The first-order chi connectivity index (χ1) is 11.5. The molecule has 24 heavy (non-hydrogen) atoms. The molecule has 7 nitrogen and oxygen atoms in total. The molecular formula is C15H12Cl2N4O3. The summed E-state index contributed by atoms with van der Waals surface area (Å²) in [5.41, 5.74) is 4.99. The van der Waals surface area contributed by atoms with Crippen LogP contribution in [0.4, 0.5) is 4.79 Å². The third kappa shape index (κ3) is 5.15. The van der Waals surface area contributed by atoms with Gasteiger partial charge in [0.15, 0.2) is 0 Å². The fourth-order valence-corrected chi connectivity index (χ4v) is 1.96. The molecule has 0 atom stereocenters. The molecule has 124 valence electrons. The lowest BCUT2D eigenvalue weighted by molar-refractivity contribution is 0.242. The van der Waals surface area contributed by atoms with Gasteiger partial charge in [0.05, 0.1) is 12.4 Å². The molecule has 0 saturated carbocycles. The number of carbonyl (C=O) groups is 1. The summed E-state index contributed by atoms with van der Waals surface area (Å²) in [6.07, 6.45) is 2.46. The van der Waals surface area contributed by atoms with Crippen molar-refractivity contribution in [3.8, 4) is 11.5 Å². The Morgan fingerprint density at radius 3 is 1.71 bits per heavy atom. The largest absolute Gasteiger partial charge is 0.507 e. The maximum Gasteiger partial charge on any atom is 0.355 e. The lowest BCUT2D eigenvalue weighted by Gasteiger charge is -2.01. The van der Waals surface area contributed by atoms with Gasteiger partial charge in [0.1, 0.15) is 11.5 Å². The number of rotatable bonds is 4. The zero-order chi connectivity index (χ0) is 17.5. The summed E-state index contributed by atoms with van der Waals surface area (Å²) in [5.74, 6) is -0.0559. The fraction of sp³-hybridized carbons (Fsp3) is 0. The van der Waals surface area contributed by atoms with Crippen LogP contribution in [0.5, 0.6) is 11.5 Å². The van der Waals surface area contributed by atoms with E-state index < -0.39 is 6.03 Å². The first-order valence-electron chi connectivity index (χ1n) is 6.55. The van der Waals surface area contributed by atoms with Crippen molar-refractivity contribution in [2.45, 2.75) is 0 Å². The van der Waals surface area contributed by atoms with E-state index in [0.717, 1.165) is 0 Å². The number of phenols is 2. The summed E-state index contributed by atoms with van der Waals surface area (Å²) in [6.45, 7) is 0. The summed E-state index contributed by atoms with van der Waals surface area (Å²) >= 11 is 11.6. The molecule has 0 aliphatic heterocycles. The van der Waals surface area contributed by atoms with E-state index >= 15 is 0 Å². The molecule has 0 aromatic heterocycles. The molecule has 0 aliphatic rings. The van der Waals surface area contributed by atoms with Gasteiger partial charge < -0.3 is 10.2 Å². The molecule has 0 unspecified atom stereocenters. The average molecular weight is 367 g/mol. The van der Waals surface area contributed by atoms with Gasteiger partial charge in [-0.1, -0.05) is 23.2 Å². The Labute approximate surface area is 147 Å². The summed E-state index contributed by atoms with van der Waals surface area (Å²) in [5, 5.41) is 27.3. The van der Waals surface area contributed by atoms with Gasteiger partial charge in [0.2, 0.25) is 0 Å². The Morgan fingerprint density at radius 2 is 1.29 bits per heavy atom. The Balaban J connectivity index is 1.89. The number of phenolic OH excluding ortho intramolecular Hbond substituents is 2. The molecule has 2 aromatic rings. The molecule has 0 heterocycles. The number of hydrogen-bond donors (Lipinski definition) is 4. The maximum atomic E-state index is 11.5. The maximum absolute atomic E-state index is 11.5. The topological polar surface area (TPSA) is 106 Å². The summed E-state index contributed by atoms with van der Waals surface area (Å²) in [7, 11) is 0. The van der Waals surface area contributed by atoms with Crippen LogP contribution in [0.15, 0.2) is 46.6 Å². The number of carbonyl (C=O) groups excluding carboxylic acids is 1. The first-order valence-corrected chi connectivity index (χ1v) is 7.30. The minimum absolute atomic E-state index is 0.0280. The van der Waals surface area contributed by atoms with Crippen LogP contribution in [0.1, 0.15) is 11.1 Å². The predicted octanol–water partition coefficient (Wildman–Crippen LogP) is 3.07. The Bertz CT molecular complexity index is 744. The highest BCUT2D eigenvalue weighted by Gasteiger charge is 2.01. The summed E-state index contributed by atoms with van der Waals surface area (Å²) in [6, 6.07) is 8.12. The molecule has 0 saturated heterocycles. The number of hydrazone groups is 2. The van der Waals surface area contributed by atoms with E-state index in [1.165, 1.54) is 48.8 Å². The van der Waals surface area contributed by atoms with Crippen LogP contribution in [0.25, 0.3) is 0 Å². The fourth-order valence-electron chi connectivity index (χ4n) is 1.60. The van der Waals surface area contributed by atoms with Gasteiger partial charge in [0.25, 0.3) is 0 Å². The zero-order valence-electron chi connectivity index (χ0n) is 12.1. The molecule has 4 N–H and O–H groups in total. The van der Waals surface area contributed by atoms with Gasteiger partial charge in [-0.15, -0.1) is 0 Å². The van der Waals surface area contributed by atoms with Crippen molar-refractivity contribution in [1.29, 1.82) is 0 Å². The van der Waals surface area contributed by atoms with E-state index in [0.29, 0.717) is 21.2 Å². The van der Waals surface area contributed by atoms with Crippen molar-refractivity contribution in [1.82, 2.24) is 10.9 Å². The van der Waals surface area contributed by atoms with E-state index in [1.807, 2.05) is 0 Å². The Kier molecular flexibility index (Phi) is 6.00. The van der Waals surface area contributed by atoms with Crippen LogP contribution in [-0.2, 0) is 0 Å². The number of nitrogens with one attached hydrogen (secondary N) is 2. The average Bonchev–Trinajstić information content (AvgIpc) is 2.54. The van der Waals surface area contributed by atoms with Crippen molar-refractivity contribution in [2.75, 3.05) is 0 Å². The van der Waals surface area contributed by atoms with Gasteiger partial charge in [-0.05, 0) is 36.4 Å². The van der Waals surface area contributed by atoms with Gasteiger partial charge in [0, 0.05) is 21.2 Å². The van der Waals surface area contributed by atoms with Crippen molar-refractivity contribution in [2.24, 2.45) is 10.2 Å². The monoisotopic (exact) mass is 366 g/mol. The van der Waals surface area contributed by atoms with Crippen LogP contribution < -0.4 is 10.9 Å². The number of benzene rings is 2. The Morgan fingerprint density at radius 1 is 0.875 bits per heavy atom. The van der Waals surface area contributed by atoms with Gasteiger partial charge in [-0.25, -0.2) is 15.6 Å². The third-order valence-corrected chi connectivity index (χ3v) is 3.19. The highest BCUT2D eigenvalue weighted by atomic mass is 35.5. The molecule has 0 bridgehead atoms. The van der Waals surface area contributed by atoms with E-state index in [1.54, 1.807) is 0 Å². The minimum atomic E-state index is -0.717. The van der Waals surface area contributed by atoms with Crippen LogP contribution >= 0.6 is 23.2 Å². The first kappa shape index (κ1) is 17.6. The van der Waals surface area contributed by atoms with E-state index in [4.69, 9.17) is 23.2 Å². The second-order valence-corrected chi connectivity index (χ2v) is 5.35. The van der Waals surface area contributed by atoms with Crippen molar-refractivity contribution < 1.29 is 15.0 Å². The number of urea groups is 1. The third-order valence-electron chi connectivity index (χ3n) is 2.72. The predicted molar refractivity (Wildman–Crippen MR) is 93.1 cm³/mol. The number of amides is 2. The second kappa shape index (κ2) is 8.19. The van der Waals surface area contributed by atoms with E-state index in [9.17, 15) is 15.0 Å². The van der Waals surface area contributed by atoms with E-state index in [-0.39, 0.29) is 11.5 Å². The number of nitrogens with zero attached hydrogens (tertiary/aromatic N) is 2.